The number of carbonyl (C=O) groups is 3. The van der Waals surface area contributed by atoms with Crippen LogP contribution in [0.4, 0.5) is 0 Å². The first-order valence-corrected chi connectivity index (χ1v) is 5.70. The van der Waals surface area contributed by atoms with E-state index in [-0.39, 0.29) is 5.56 Å². The van der Waals surface area contributed by atoms with Crippen LogP contribution < -0.4 is 5.32 Å². The van der Waals surface area contributed by atoms with Gasteiger partial charge in [0.15, 0.2) is 0 Å². The Kier molecular flexibility index (Phi) is 4.85. The second kappa shape index (κ2) is 6.15. The molecule has 0 fully saturated rings. The minimum absolute atomic E-state index is 0.251. The molecule has 0 aliphatic heterocycles. The summed E-state index contributed by atoms with van der Waals surface area (Å²) in [4.78, 5) is 33.0. The maximum Gasteiger partial charge on any atom is 0.326 e. The molecule has 3 N–H and O–H groups in total. The number of nitrogens with one attached hydrogen (secondary N) is 1. The molecule has 0 heterocycles. The Labute approximate surface area is 111 Å². The van der Waals surface area contributed by atoms with Gasteiger partial charge in [0.1, 0.15) is 6.04 Å². The van der Waals surface area contributed by atoms with Gasteiger partial charge in [-0.05, 0) is 18.2 Å². The van der Waals surface area contributed by atoms with Crippen molar-refractivity contribution >= 4 is 33.8 Å². The van der Waals surface area contributed by atoms with Crippen LogP contribution in [0, 0.1) is 0 Å². The molecule has 7 heteroatoms. The van der Waals surface area contributed by atoms with E-state index >= 15 is 0 Å². The topological polar surface area (TPSA) is 104 Å². The molecule has 0 radical (unpaired) electrons. The fraction of sp³-hybridized carbons (Fsp3) is 0.182. The summed E-state index contributed by atoms with van der Waals surface area (Å²) in [6, 6.07) is 4.89. The lowest BCUT2D eigenvalue weighted by Crippen LogP contribution is -2.42. The van der Waals surface area contributed by atoms with Gasteiger partial charge in [0.2, 0.25) is 0 Å². The summed E-state index contributed by atoms with van der Waals surface area (Å²) >= 11 is 3.18. The van der Waals surface area contributed by atoms with Gasteiger partial charge in [0.25, 0.3) is 5.91 Å². The first-order valence-electron chi connectivity index (χ1n) is 4.91. The van der Waals surface area contributed by atoms with Gasteiger partial charge in [-0.1, -0.05) is 22.0 Å². The minimum Gasteiger partial charge on any atom is -0.481 e. The number of rotatable bonds is 5. The number of hydrogen-bond donors (Lipinski definition) is 3. The lowest BCUT2D eigenvalue weighted by molar-refractivity contribution is -0.145. The van der Waals surface area contributed by atoms with Gasteiger partial charge in [-0.15, -0.1) is 0 Å². The van der Waals surface area contributed by atoms with Crippen LogP contribution in [0.25, 0.3) is 0 Å². The molecule has 0 bridgehead atoms. The van der Waals surface area contributed by atoms with E-state index < -0.39 is 30.3 Å². The van der Waals surface area contributed by atoms with Crippen LogP contribution in [-0.2, 0) is 9.59 Å². The maximum absolute atomic E-state index is 11.7. The van der Waals surface area contributed by atoms with E-state index in [1.54, 1.807) is 12.1 Å². The number of aliphatic carboxylic acids is 2. The molecule has 0 spiro atoms. The molecule has 0 unspecified atom stereocenters. The smallest absolute Gasteiger partial charge is 0.326 e. The van der Waals surface area contributed by atoms with Gasteiger partial charge < -0.3 is 15.5 Å². The number of amides is 1. The van der Waals surface area contributed by atoms with Crippen molar-refractivity contribution in [3.8, 4) is 0 Å². The predicted molar refractivity (Wildman–Crippen MR) is 65.3 cm³/mol. The monoisotopic (exact) mass is 315 g/mol. The molecule has 1 aromatic carbocycles. The zero-order valence-electron chi connectivity index (χ0n) is 9.09. The first kappa shape index (κ1) is 14.2. The Hall–Kier alpha value is -1.89. The van der Waals surface area contributed by atoms with Crippen LogP contribution >= 0.6 is 15.9 Å². The van der Waals surface area contributed by atoms with Crippen LogP contribution in [0.15, 0.2) is 28.7 Å². The molecule has 0 saturated heterocycles. The average molecular weight is 316 g/mol. The van der Waals surface area contributed by atoms with Crippen LogP contribution in [0.3, 0.4) is 0 Å². The Morgan fingerprint density at radius 2 is 1.94 bits per heavy atom. The molecular weight excluding hydrogens is 306 g/mol. The molecule has 6 nitrogen and oxygen atoms in total. The van der Waals surface area contributed by atoms with Crippen LogP contribution in [0.2, 0.25) is 0 Å². The Bertz CT molecular complexity index is 488. The molecule has 1 amide bonds. The minimum atomic E-state index is -1.45. The van der Waals surface area contributed by atoms with Crippen LogP contribution in [0.1, 0.15) is 16.8 Å². The molecule has 0 aromatic heterocycles. The molecule has 0 aliphatic rings. The van der Waals surface area contributed by atoms with Crippen LogP contribution in [-0.4, -0.2) is 34.1 Å². The van der Waals surface area contributed by atoms with E-state index in [0.717, 1.165) is 0 Å². The maximum atomic E-state index is 11.7. The molecule has 0 saturated carbocycles. The van der Waals surface area contributed by atoms with Gasteiger partial charge in [-0.3, -0.25) is 9.59 Å². The molecule has 1 rings (SSSR count). The number of carboxylic acid groups (broad SMARTS) is 2. The number of hydrogen-bond acceptors (Lipinski definition) is 3. The second-order valence-electron chi connectivity index (χ2n) is 3.47. The lowest BCUT2D eigenvalue weighted by atomic mass is 10.1. The molecule has 1 atom stereocenters. The highest BCUT2D eigenvalue weighted by Crippen LogP contribution is 2.11. The van der Waals surface area contributed by atoms with E-state index in [1.165, 1.54) is 12.1 Å². The van der Waals surface area contributed by atoms with E-state index in [9.17, 15) is 14.4 Å². The second-order valence-corrected chi connectivity index (χ2v) is 4.39. The fourth-order valence-corrected chi connectivity index (χ4v) is 1.65. The predicted octanol–water partition coefficient (Wildman–Crippen LogP) is 1.11. The van der Waals surface area contributed by atoms with Crippen molar-refractivity contribution in [2.24, 2.45) is 0 Å². The van der Waals surface area contributed by atoms with Gasteiger partial charge in [0, 0.05) is 10.0 Å². The largest absolute Gasteiger partial charge is 0.481 e. The van der Waals surface area contributed by atoms with Crippen molar-refractivity contribution in [2.75, 3.05) is 0 Å². The number of carboxylic acids is 2. The third kappa shape index (κ3) is 4.17. The zero-order valence-corrected chi connectivity index (χ0v) is 10.7. The summed E-state index contributed by atoms with van der Waals surface area (Å²) in [6.07, 6.45) is -0.672. The van der Waals surface area contributed by atoms with Crippen molar-refractivity contribution in [1.82, 2.24) is 5.32 Å². The molecule has 0 aliphatic carbocycles. The van der Waals surface area contributed by atoms with Crippen molar-refractivity contribution in [3.63, 3.8) is 0 Å². The summed E-state index contributed by atoms with van der Waals surface area (Å²) in [5, 5.41) is 19.5. The highest BCUT2D eigenvalue weighted by atomic mass is 79.9. The first-order chi connectivity index (χ1) is 8.40. The zero-order chi connectivity index (χ0) is 13.7. The number of carbonyl (C=O) groups excluding carboxylic acids is 1. The third-order valence-corrected chi connectivity index (χ3v) is 2.56. The molecular formula is C11H10BrNO5. The van der Waals surface area contributed by atoms with Gasteiger partial charge in [-0.25, -0.2) is 4.79 Å². The lowest BCUT2D eigenvalue weighted by Gasteiger charge is -2.12. The molecule has 96 valence electrons. The standard InChI is InChI=1S/C11H10BrNO5/c12-7-3-1-2-6(4-7)10(16)13-8(11(17)18)5-9(14)15/h1-4,8H,5H2,(H,13,16)(H,14,15)(H,17,18)/t8-/m0/s1. The fourth-order valence-electron chi connectivity index (χ4n) is 1.25. The van der Waals surface area contributed by atoms with E-state index in [4.69, 9.17) is 10.2 Å². The van der Waals surface area contributed by atoms with Gasteiger partial charge in [0.05, 0.1) is 6.42 Å². The van der Waals surface area contributed by atoms with Crippen LogP contribution in [0.5, 0.6) is 0 Å². The summed E-state index contributed by atoms with van der Waals surface area (Å²) in [5.74, 6) is -3.32. The van der Waals surface area contributed by atoms with Gasteiger partial charge >= 0.3 is 11.9 Å². The third-order valence-electron chi connectivity index (χ3n) is 2.07. The van der Waals surface area contributed by atoms with E-state index in [0.29, 0.717) is 4.47 Å². The average Bonchev–Trinajstić information content (AvgIpc) is 2.27. The molecule has 1 aromatic rings. The Morgan fingerprint density at radius 1 is 1.28 bits per heavy atom. The number of halogens is 1. The Morgan fingerprint density at radius 3 is 2.44 bits per heavy atom. The SMILES string of the molecule is O=C(O)C[C@H](NC(=O)c1cccc(Br)c1)C(=O)O. The van der Waals surface area contributed by atoms with Crippen molar-refractivity contribution in [1.29, 1.82) is 0 Å². The normalized spacial score (nSPS) is 11.6. The highest BCUT2D eigenvalue weighted by Gasteiger charge is 2.23. The quantitative estimate of drug-likeness (QED) is 0.755. The number of benzene rings is 1. The summed E-state index contributed by atoms with van der Waals surface area (Å²) in [5.41, 5.74) is 0.251. The van der Waals surface area contributed by atoms with E-state index in [1.807, 2.05) is 0 Å². The van der Waals surface area contributed by atoms with Crippen molar-refractivity contribution in [3.05, 3.63) is 34.3 Å². The molecule has 18 heavy (non-hydrogen) atoms. The summed E-state index contributed by atoms with van der Waals surface area (Å²) in [7, 11) is 0. The summed E-state index contributed by atoms with van der Waals surface area (Å²) < 4.78 is 0.667. The van der Waals surface area contributed by atoms with Gasteiger partial charge in [-0.2, -0.15) is 0 Å². The summed E-state index contributed by atoms with van der Waals surface area (Å²) in [6.45, 7) is 0. The van der Waals surface area contributed by atoms with Crippen molar-refractivity contribution in [2.45, 2.75) is 12.5 Å². The van der Waals surface area contributed by atoms with Crippen molar-refractivity contribution < 1.29 is 24.6 Å². The highest BCUT2D eigenvalue weighted by molar-refractivity contribution is 9.10. The Balaban J connectivity index is 2.78. The van der Waals surface area contributed by atoms with E-state index in [2.05, 4.69) is 21.2 Å².